The molecule has 4 rings (SSSR count). The van der Waals surface area contributed by atoms with Crippen molar-refractivity contribution in [2.45, 2.75) is 51.6 Å². The molecule has 1 saturated heterocycles. The average molecular weight is 370 g/mol. The maximum absolute atomic E-state index is 12.6. The van der Waals surface area contributed by atoms with Gasteiger partial charge in [-0.05, 0) is 37.8 Å². The number of amides is 2. The quantitative estimate of drug-likeness (QED) is 0.880. The van der Waals surface area contributed by atoms with Crippen LogP contribution in [0.2, 0.25) is 0 Å². The molecule has 144 valence electrons. The third kappa shape index (κ3) is 3.89. The Balaban J connectivity index is 1.40. The van der Waals surface area contributed by atoms with Crippen LogP contribution < -0.4 is 5.32 Å². The molecule has 2 amide bonds. The lowest BCUT2D eigenvalue weighted by Gasteiger charge is -2.32. The SMILES string of the molecule is Cc1cnn(CCC(=O)N2CCCC(c3cc4n(n3)CCCNC4=O)C2)c1. The normalized spacial score (nSPS) is 20.1. The first kappa shape index (κ1) is 17.8. The topological polar surface area (TPSA) is 85.1 Å². The van der Waals surface area contributed by atoms with Crippen LogP contribution in [0.1, 0.15) is 53.3 Å². The van der Waals surface area contributed by atoms with Gasteiger partial charge in [0.15, 0.2) is 0 Å². The highest BCUT2D eigenvalue weighted by Gasteiger charge is 2.28. The van der Waals surface area contributed by atoms with E-state index in [9.17, 15) is 9.59 Å². The van der Waals surface area contributed by atoms with Crippen molar-refractivity contribution < 1.29 is 9.59 Å². The van der Waals surface area contributed by atoms with Crippen LogP contribution in [0.15, 0.2) is 18.5 Å². The summed E-state index contributed by atoms with van der Waals surface area (Å²) in [4.78, 5) is 26.7. The van der Waals surface area contributed by atoms with Gasteiger partial charge in [-0.1, -0.05) is 0 Å². The van der Waals surface area contributed by atoms with Crippen LogP contribution in [0.3, 0.4) is 0 Å². The number of hydrogen-bond donors (Lipinski definition) is 1. The smallest absolute Gasteiger partial charge is 0.269 e. The van der Waals surface area contributed by atoms with Gasteiger partial charge in [-0.15, -0.1) is 0 Å². The third-order valence-corrected chi connectivity index (χ3v) is 5.37. The zero-order chi connectivity index (χ0) is 18.8. The zero-order valence-electron chi connectivity index (χ0n) is 15.7. The molecular weight excluding hydrogens is 344 g/mol. The average Bonchev–Trinajstić information content (AvgIpc) is 3.25. The summed E-state index contributed by atoms with van der Waals surface area (Å²) in [5.74, 6) is 0.303. The van der Waals surface area contributed by atoms with Gasteiger partial charge in [-0.2, -0.15) is 10.2 Å². The standard InChI is InChI=1S/C19H26N6O2/c1-14-11-21-24(12-14)9-5-18(26)23-7-2-4-15(13-23)16-10-17-19(27)20-6-3-8-25(17)22-16/h10-12,15H,2-9,13H2,1H3,(H,20,27). The van der Waals surface area contributed by atoms with Crippen LogP contribution in [-0.2, 0) is 17.9 Å². The second-order valence-corrected chi connectivity index (χ2v) is 7.50. The molecular formula is C19H26N6O2. The second-order valence-electron chi connectivity index (χ2n) is 7.50. The number of nitrogens with zero attached hydrogens (tertiary/aromatic N) is 5. The van der Waals surface area contributed by atoms with E-state index >= 15 is 0 Å². The summed E-state index contributed by atoms with van der Waals surface area (Å²) >= 11 is 0. The molecule has 4 heterocycles. The lowest BCUT2D eigenvalue weighted by atomic mass is 9.94. The second kappa shape index (κ2) is 7.54. The van der Waals surface area contributed by atoms with Gasteiger partial charge in [-0.25, -0.2) is 0 Å². The van der Waals surface area contributed by atoms with Crippen molar-refractivity contribution in [1.29, 1.82) is 0 Å². The van der Waals surface area contributed by atoms with Gasteiger partial charge in [0.25, 0.3) is 5.91 Å². The third-order valence-electron chi connectivity index (χ3n) is 5.37. The van der Waals surface area contributed by atoms with Gasteiger partial charge >= 0.3 is 0 Å². The number of aromatic nitrogens is 4. The van der Waals surface area contributed by atoms with Crippen molar-refractivity contribution in [1.82, 2.24) is 29.8 Å². The van der Waals surface area contributed by atoms with Crippen molar-refractivity contribution in [3.8, 4) is 0 Å². The fourth-order valence-corrected chi connectivity index (χ4v) is 3.91. The molecule has 1 fully saturated rings. The molecule has 8 nitrogen and oxygen atoms in total. The summed E-state index contributed by atoms with van der Waals surface area (Å²) < 4.78 is 3.64. The van der Waals surface area contributed by atoms with Gasteiger partial charge < -0.3 is 10.2 Å². The lowest BCUT2D eigenvalue weighted by molar-refractivity contribution is -0.132. The van der Waals surface area contributed by atoms with E-state index in [-0.39, 0.29) is 17.7 Å². The molecule has 0 saturated carbocycles. The number of carbonyl (C=O) groups is 2. The summed E-state index contributed by atoms with van der Waals surface area (Å²) in [7, 11) is 0. The molecule has 2 aliphatic heterocycles. The summed E-state index contributed by atoms with van der Waals surface area (Å²) in [5.41, 5.74) is 2.67. The highest BCUT2D eigenvalue weighted by Crippen LogP contribution is 2.27. The van der Waals surface area contributed by atoms with Crippen molar-refractivity contribution in [2.75, 3.05) is 19.6 Å². The number of piperidine rings is 1. The molecule has 1 N–H and O–H groups in total. The summed E-state index contributed by atoms with van der Waals surface area (Å²) in [5, 5.41) is 11.8. The number of aryl methyl sites for hydroxylation is 3. The van der Waals surface area contributed by atoms with Gasteiger partial charge in [-0.3, -0.25) is 19.0 Å². The maximum atomic E-state index is 12.6. The lowest BCUT2D eigenvalue weighted by Crippen LogP contribution is -2.39. The number of nitrogens with one attached hydrogen (secondary N) is 1. The number of fused-ring (bicyclic) bond motifs is 1. The van der Waals surface area contributed by atoms with E-state index in [1.54, 1.807) is 6.20 Å². The molecule has 2 aromatic heterocycles. The first-order chi connectivity index (χ1) is 13.1. The van der Waals surface area contributed by atoms with E-state index in [1.807, 2.05) is 33.5 Å². The Bertz CT molecular complexity index is 839. The molecule has 2 aromatic rings. The van der Waals surface area contributed by atoms with Crippen molar-refractivity contribution >= 4 is 11.8 Å². The van der Waals surface area contributed by atoms with E-state index in [4.69, 9.17) is 0 Å². The Hall–Kier alpha value is -2.64. The molecule has 2 aliphatic rings. The minimum Gasteiger partial charge on any atom is -0.351 e. The van der Waals surface area contributed by atoms with Crippen LogP contribution >= 0.6 is 0 Å². The highest BCUT2D eigenvalue weighted by molar-refractivity contribution is 5.92. The molecule has 0 aliphatic carbocycles. The Morgan fingerprint density at radius 3 is 3.04 bits per heavy atom. The molecule has 8 heteroatoms. The fourth-order valence-electron chi connectivity index (χ4n) is 3.91. The van der Waals surface area contributed by atoms with Crippen LogP contribution in [0, 0.1) is 6.92 Å². The predicted octanol–water partition coefficient (Wildman–Crippen LogP) is 1.32. The largest absolute Gasteiger partial charge is 0.351 e. The van der Waals surface area contributed by atoms with Crippen LogP contribution in [-0.4, -0.2) is 55.9 Å². The zero-order valence-corrected chi connectivity index (χ0v) is 15.7. The Morgan fingerprint density at radius 2 is 2.22 bits per heavy atom. The Labute approximate surface area is 158 Å². The van der Waals surface area contributed by atoms with E-state index in [1.165, 1.54) is 0 Å². The van der Waals surface area contributed by atoms with Gasteiger partial charge in [0.2, 0.25) is 5.91 Å². The molecule has 0 aromatic carbocycles. The van der Waals surface area contributed by atoms with Gasteiger partial charge in [0.1, 0.15) is 5.69 Å². The molecule has 0 radical (unpaired) electrons. The van der Waals surface area contributed by atoms with Crippen molar-refractivity contribution in [3.63, 3.8) is 0 Å². The first-order valence-corrected chi connectivity index (χ1v) is 9.73. The summed E-state index contributed by atoms with van der Waals surface area (Å²) in [6.45, 7) is 5.52. The number of rotatable bonds is 4. The fraction of sp³-hybridized carbons (Fsp3) is 0.579. The number of hydrogen-bond acceptors (Lipinski definition) is 4. The summed E-state index contributed by atoms with van der Waals surface area (Å²) in [6.07, 6.45) is 7.07. The van der Waals surface area contributed by atoms with Gasteiger partial charge in [0, 0.05) is 51.3 Å². The molecule has 0 bridgehead atoms. The molecule has 1 atom stereocenters. The van der Waals surface area contributed by atoms with E-state index in [0.717, 1.165) is 43.6 Å². The van der Waals surface area contributed by atoms with E-state index in [2.05, 4.69) is 15.5 Å². The van der Waals surface area contributed by atoms with Crippen LogP contribution in [0.5, 0.6) is 0 Å². The van der Waals surface area contributed by atoms with Crippen LogP contribution in [0.4, 0.5) is 0 Å². The Kier molecular flexibility index (Phi) is 4.96. The number of likely N-dealkylation sites (tertiary alicyclic amines) is 1. The monoisotopic (exact) mass is 370 g/mol. The molecule has 27 heavy (non-hydrogen) atoms. The van der Waals surface area contributed by atoms with Crippen molar-refractivity contribution in [2.24, 2.45) is 0 Å². The Morgan fingerprint density at radius 1 is 1.33 bits per heavy atom. The number of carbonyl (C=O) groups excluding carboxylic acids is 2. The highest BCUT2D eigenvalue weighted by atomic mass is 16.2. The molecule has 1 unspecified atom stereocenters. The van der Waals surface area contributed by atoms with E-state index < -0.39 is 0 Å². The minimum absolute atomic E-state index is 0.0514. The predicted molar refractivity (Wildman–Crippen MR) is 99.3 cm³/mol. The van der Waals surface area contributed by atoms with Gasteiger partial charge in [0.05, 0.1) is 11.9 Å². The van der Waals surface area contributed by atoms with Crippen molar-refractivity contribution in [3.05, 3.63) is 35.4 Å². The maximum Gasteiger partial charge on any atom is 0.269 e. The van der Waals surface area contributed by atoms with Crippen LogP contribution in [0.25, 0.3) is 0 Å². The first-order valence-electron chi connectivity index (χ1n) is 9.73. The minimum atomic E-state index is -0.0514. The summed E-state index contributed by atoms with van der Waals surface area (Å²) in [6, 6.07) is 1.91. The van der Waals surface area contributed by atoms with E-state index in [0.29, 0.717) is 31.7 Å². The molecule has 0 spiro atoms.